The molecule has 0 saturated carbocycles. The molecular formula is C19H24N2O5. The van der Waals surface area contributed by atoms with Gasteiger partial charge in [-0.15, -0.1) is 0 Å². The zero-order chi connectivity index (χ0) is 18.5. The maximum Gasteiger partial charge on any atom is 0.338 e. The maximum atomic E-state index is 12.7. The molecule has 3 rings (SSSR count). The Bertz CT molecular complexity index is 692. The van der Waals surface area contributed by atoms with E-state index in [4.69, 9.17) is 14.2 Å². The van der Waals surface area contributed by atoms with Gasteiger partial charge >= 0.3 is 12.0 Å². The summed E-state index contributed by atoms with van der Waals surface area (Å²) >= 11 is 0. The van der Waals surface area contributed by atoms with Crippen molar-refractivity contribution < 1.29 is 23.8 Å². The lowest BCUT2D eigenvalue weighted by molar-refractivity contribution is -0.142. The highest BCUT2D eigenvalue weighted by Crippen LogP contribution is 2.29. The second kappa shape index (κ2) is 8.23. The van der Waals surface area contributed by atoms with Gasteiger partial charge in [0.25, 0.3) is 0 Å². The van der Waals surface area contributed by atoms with Gasteiger partial charge in [0, 0.05) is 12.3 Å². The number of hydrogen-bond acceptors (Lipinski definition) is 5. The number of nitrogens with one attached hydrogen (secondary N) is 2. The highest BCUT2D eigenvalue weighted by Gasteiger charge is 2.32. The minimum atomic E-state index is -0.573. The minimum Gasteiger partial charge on any atom is -0.494 e. The summed E-state index contributed by atoms with van der Waals surface area (Å²) in [6, 6.07) is 6.38. The molecule has 0 bridgehead atoms. The molecule has 0 aromatic heterocycles. The number of urea groups is 1. The Balaban J connectivity index is 1.78. The van der Waals surface area contributed by atoms with Crippen LogP contribution in [0.3, 0.4) is 0 Å². The number of allylic oxidation sites excluding steroid dienone is 1. The van der Waals surface area contributed by atoms with Crippen LogP contribution in [0, 0.1) is 0 Å². The molecule has 2 atom stereocenters. The molecule has 1 aromatic carbocycles. The first-order valence-corrected chi connectivity index (χ1v) is 8.88. The summed E-state index contributed by atoms with van der Waals surface area (Å²) in [5.41, 5.74) is 1.67. The van der Waals surface area contributed by atoms with Gasteiger partial charge in [-0.1, -0.05) is 12.1 Å². The van der Waals surface area contributed by atoms with Crippen LogP contribution in [0.1, 0.15) is 38.3 Å². The van der Waals surface area contributed by atoms with Crippen LogP contribution in [-0.2, 0) is 14.3 Å². The Morgan fingerprint density at radius 1 is 1.31 bits per heavy atom. The van der Waals surface area contributed by atoms with Crippen molar-refractivity contribution in [2.75, 3.05) is 19.8 Å². The molecule has 1 fully saturated rings. The predicted octanol–water partition coefficient (Wildman–Crippen LogP) is 2.44. The maximum absolute atomic E-state index is 12.7. The number of carbonyl (C=O) groups is 2. The molecule has 0 unspecified atom stereocenters. The highest BCUT2D eigenvalue weighted by molar-refractivity contribution is 5.95. The third kappa shape index (κ3) is 4.16. The molecule has 2 heterocycles. The lowest BCUT2D eigenvalue weighted by Gasteiger charge is -2.28. The summed E-state index contributed by atoms with van der Waals surface area (Å²) in [5.74, 6) is 0.282. The molecule has 0 spiro atoms. The lowest BCUT2D eigenvalue weighted by Crippen LogP contribution is -2.45. The van der Waals surface area contributed by atoms with E-state index >= 15 is 0 Å². The van der Waals surface area contributed by atoms with Gasteiger partial charge in [0.1, 0.15) is 12.4 Å². The van der Waals surface area contributed by atoms with Crippen molar-refractivity contribution in [1.82, 2.24) is 10.6 Å². The van der Waals surface area contributed by atoms with E-state index in [-0.39, 0.29) is 18.7 Å². The van der Waals surface area contributed by atoms with E-state index in [0.29, 0.717) is 24.5 Å². The summed E-state index contributed by atoms with van der Waals surface area (Å²) < 4.78 is 16.4. The number of carbonyl (C=O) groups excluding carboxylic acids is 2. The third-order valence-corrected chi connectivity index (χ3v) is 4.44. The topological polar surface area (TPSA) is 85.9 Å². The quantitative estimate of drug-likeness (QED) is 0.761. The molecule has 2 aliphatic heterocycles. The minimum absolute atomic E-state index is 0.0464. The largest absolute Gasteiger partial charge is 0.494 e. The molecule has 1 saturated heterocycles. The summed E-state index contributed by atoms with van der Waals surface area (Å²) in [7, 11) is 0. The first-order chi connectivity index (χ1) is 12.6. The SMILES string of the molecule is CCOc1ccc([C@@H]2NC(=O)NC(C)=C2C(=O)OC[C@@H]2CCCO2)cc1. The fourth-order valence-electron chi connectivity index (χ4n) is 3.16. The molecule has 1 aromatic rings. The normalized spacial score (nSPS) is 22.6. The van der Waals surface area contributed by atoms with Gasteiger partial charge in [0.05, 0.1) is 24.3 Å². The van der Waals surface area contributed by atoms with Crippen molar-refractivity contribution in [3.8, 4) is 5.75 Å². The Kier molecular flexibility index (Phi) is 5.78. The number of amides is 2. The number of ether oxygens (including phenoxy) is 3. The summed E-state index contributed by atoms with van der Waals surface area (Å²) in [6.07, 6.45) is 1.83. The van der Waals surface area contributed by atoms with E-state index in [1.54, 1.807) is 6.92 Å². The van der Waals surface area contributed by atoms with E-state index in [1.165, 1.54) is 0 Å². The van der Waals surface area contributed by atoms with Crippen molar-refractivity contribution in [2.45, 2.75) is 38.8 Å². The van der Waals surface area contributed by atoms with Gasteiger partial charge in [-0.2, -0.15) is 0 Å². The third-order valence-electron chi connectivity index (χ3n) is 4.44. The predicted molar refractivity (Wildman–Crippen MR) is 94.7 cm³/mol. The van der Waals surface area contributed by atoms with Crippen LogP contribution < -0.4 is 15.4 Å². The molecule has 2 aliphatic rings. The van der Waals surface area contributed by atoms with Crippen molar-refractivity contribution in [3.05, 3.63) is 41.1 Å². The second-order valence-electron chi connectivity index (χ2n) is 6.31. The van der Waals surface area contributed by atoms with Gasteiger partial charge in [0.15, 0.2) is 0 Å². The van der Waals surface area contributed by atoms with Gasteiger partial charge in [-0.3, -0.25) is 0 Å². The zero-order valence-electron chi connectivity index (χ0n) is 15.0. The Labute approximate surface area is 152 Å². The van der Waals surface area contributed by atoms with Crippen molar-refractivity contribution in [1.29, 1.82) is 0 Å². The van der Waals surface area contributed by atoms with Crippen molar-refractivity contribution in [3.63, 3.8) is 0 Å². The molecule has 0 aliphatic carbocycles. The van der Waals surface area contributed by atoms with Crippen LogP contribution >= 0.6 is 0 Å². The first-order valence-electron chi connectivity index (χ1n) is 8.88. The van der Waals surface area contributed by atoms with E-state index < -0.39 is 12.0 Å². The van der Waals surface area contributed by atoms with E-state index in [2.05, 4.69) is 10.6 Å². The van der Waals surface area contributed by atoms with Crippen LogP contribution in [0.25, 0.3) is 0 Å². The Hall–Kier alpha value is -2.54. The molecule has 26 heavy (non-hydrogen) atoms. The fraction of sp³-hybridized carbons (Fsp3) is 0.474. The number of benzene rings is 1. The highest BCUT2D eigenvalue weighted by atomic mass is 16.6. The van der Waals surface area contributed by atoms with Gasteiger partial charge in [-0.05, 0) is 44.4 Å². The molecular weight excluding hydrogens is 336 g/mol. The second-order valence-corrected chi connectivity index (χ2v) is 6.31. The van der Waals surface area contributed by atoms with Crippen LogP contribution in [-0.4, -0.2) is 37.9 Å². The molecule has 2 N–H and O–H groups in total. The Morgan fingerprint density at radius 2 is 2.08 bits per heavy atom. The van der Waals surface area contributed by atoms with E-state index in [1.807, 2.05) is 31.2 Å². The smallest absolute Gasteiger partial charge is 0.338 e. The monoisotopic (exact) mass is 360 g/mol. The van der Waals surface area contributed by atoms with Crippen LogP contribution in [0.5, 0.6) is 5.75 Å². The van der Waals surface area contributed by atoms with Crippen molar-refractivity contribution >= 4 is 12.0 Å². The fourth-order valence-corrected chi connectivity index (χ4v) is 3.16. The van der Waals surface area contributed by atoms with Crippen LogP contribution in [0.15, 0.2) is 35.5 Å². The Morgan fingerprint density at radius 3 is 2.73 bits per heavy atom. The number of rotatable bonds is 6. The van der Waals surface area contributed by atoms with Gasteiger partial charge < -0.3 is 24.8 Å². The van der Waals surface area contributed by atoms with E-state index in [9.17, 15) is 9.59 Å². The summed E-state index contributed by atoms with van der Waals surface area (Å²) in [5, 5.41) is 5.44. The van der Waals surface area contributed by atoms with Crippen molar-refractivity contribution in [2.24, 2.45) is 0 Å². The average molecular weight is 360 g/mol. The molecule has 2 amide bonds. The molecule has 140 valence electrons. The molecule has 7 heteroatoms. The van der Waals surface area contributed by atoms with Gasteiger partial charge in [0.2, 0.25) is 0 Å². The number of esters is 1. The van der Waals surface area contributed by atoms with Crippen LogP contribution in [0.4, 0.5) is 4.79 Å². The van der Waals surface area contributed by atoms with Crippen LogP contribution in [0.2, 0.25) is 0 Å². The molecule has 7 nitrogen and oxygen atoms in total. The lowest BCUT2D eigenvalue weighted by atomic mass is 9.95. The standard InChI is InChI=1S/C19H24N2O5/c1-3-24-14-8-6-13(7-9-14)17-16(12(2)20-19(23)21-17)18(22)26-11-15-5-4-10-25-15/h6-9,15,17H,3-5,10-11H2,1-2H3,(H2,20,21,23)/t15-,17-/m0/s1. The van der Waals surface area contributed by atoms with Gasteiger partial charge in [-0.25, -0.2) is 9.59 Å². The number of hydrogen-bond donors (Lipinski definition) is 2. The summed E-state index contributed by atoms with van der Waals surface area (Å²) in [6.45, 7) is 5.11. The zero-order valence-corrected chi connectivity index (χ0v) is 15.0. The van der Waals surface area contributed by atoms with E-state index in [0.717, 1.165) is 24.2 Å². The molecule has 0 radical (unpaired) electrons. The average Bonchev–Trinajstić information content (AvgIpc) is 3.13. The first kappa shape index (κ1) is 18.3. The summed E-state index contributed by atoms with van der Waals surface area (Å²) in [4.78, 5) is 24.6.